The molecule has 16 heavy (non-hydrogen) atoms. The molecule has 0 fully saturated rings. The second-order valence-electron chi connectivity index (χ2n) is 3.31. The van der Waals surface area contributed by atoms with Crippen molar-refractivity contribution in [2.24, 2.45) is 0 Å². The van der Waals surface area contributed by atoms with Crippen molar-refractivity contribution >= 4 is 11.9 Å². The lowest BCUT2D eigenvalue weighted by molar-refractivity contribution is -0.187. The van der Waals surface area contributed by atoms with E-state index < -0.39 is 18.2 Å². The largest absolute Gasteiger partial charge is 0.419 e. The number of nitrogens with zero attached hydrogens (tertiary/aromatic N) is 1. The lowest BCUT2D eigenvalue weighted by Crippen LogP contribution is -2.16. The van der Waals surface area contributed by atoms with Crippen molar-refractivity contribution in [1.29, 1.82) is 0 Å². The molecule has 0 amide bonds. The Hall–Kier alpha value is -1.91. The summed E-state index contributed by atoms with van der Waals surface area (Å²) in [5.41, 5.74) is 1.35. The minimum Gasteiger partial charge on any atom is -0.419 e. The van der Waals surface area contributed by atoms with E-state index in [1.165, 1.54) is 13.8 Å². The fourth-order valence-corrected chi connectivity index (χ4v) is 1.06. The minimum absolute atomic E-state index is 0.385. The number of hydrogen-bond donors (Lipinski definition) is 0. The molecule has 0 saturated carbocycles. The molecule has 1 aromatic heterocycles. The predicted octanol–water partition coefficient (Wildman–Crippen LogP) is 1.51. The van der Waals surface area contributed by atoms with Crippen molar-refractivity contribution in [1.82, 2.24) is 4.98 Å². The molecule has 5 heteroatoms. The van der Waals surface area contributed by atoms with Crippen molar-refractivity contribution in [3.05, 3.63) is 29.6 Å². The van der Waals surface area contributed by atoms with Crippen molar-refractivity contribution < 1.29 is 19.1 Å². The topological polar surface area (TPSA) is 65.5 Å². The molecule has 0 aromatic carbocycles. The molecular weight excluding hydrogens is 210 g/mol. The Morgan fingerprint density at radius 3 is 2.12 bits per heavy atom. The monoisotopic (exact) mass is 223 g/mol. The van der Waals surface area contributed by atoms with Gasteiger partial charge in [-0.15, -0.1) is 0 Å². The Balaban J connectivity index is 2.86. The minimum atomic E-state index is -1.07. The van der Waals surface area contributed by atoms with E-state index in [1.54, 1.807) is 18.3 Å². The maximum Gasteiger partial charge on any atom is 0.306 e. The summed E-state index contributed by atoms with van der Waals surface area (Å²) in [6.07, 6.45) is 0.533. The van der Waals surface area contributed by atoms with Crippen LogP contribution in [0, 0.1) is 6.92 Å². The van der Waals surface area contributed by atoms with Gasteiger partial charge in [-0.1, -0.05) is 6.07 Å². The van der Waals surface area contributed by atoms with Crippen molar-refractivity contribution in [2.45, 2.75) is 27.1 Å². The summed E-state index contributed by atoms with van der Waals surface area (Å²) in [5.74, 6) is -1.07. The van der Waals surface area contributed by atoms with Gasteiger partial charge in [0.15, 0.2) is 0 Å². The summed E-state index contributed by atoms with van der Waals surface area (Å²) in [6.45, 7) is 4.36. The third kappa shape index (κ3) is 3.68. The van der Waals surface area contributed by atoms with Crippen LogP contribution in [0.3, 0.4) is 0 Å². The van der Waals surface area contributed by atoms with Crippen LogP contribution < -0.4 is 0 Å². The Bertz CT molecular complexity index is 369. The second-order valence-corrected chi connectivity index (χ2v) is 3.31. The predicted molar refractivity (Wildman–Crippen MR) is 55.2 cm³/mol. The van der Waals surface area contributed by atoms with Gasteiger partial charge in [0.05, 0.1) is 0 Å². The van der Waals surface area contributed by atoms with E-state index in [4.69, 9.17) is 9.47 Å². The molecule has 0 saturated heterocycles. The summed E-state index contributed by atoms with van der Waals surface area (Å²) in [6, 6.07) is 3.44. The summed E-state index contributed by atoms with van der Waals surface area (Å²) < 4.78 is 9.69. The number of carbonyl (C=O) groups is 2. The number of ether oxygens (including phenoxy) is 2. The fraction of sp³-hybridized carbons (Fsp3) is 0.364. The summed E-state index contributed by atoms with van der Waals surface area (Å²) in [4.78, 5) is 25.7. The molecular formula is C11H13NO4. The zero-order valence-electron chi connectivity index (χ0n) is 9.39. The highest BCUT2D eigenvalue weighted by molar-refractivity contribution is 5.68. The zero-order chi connectivity index (χ0) is 12.1. The highest BCUT2D eigenvalue weighted by Crippen LogP contribution is 2.17. The van der Waals surface area contributed by atoms with Crippen molar-refractivity contribution in [3.8, 4) is 0 Å². The quantitative estimate of drug-likeness (QED) is 0.574. The van der Waals surface area contributed by atoms with Gasteiger partial charge < -0.3 is 9.47 Å². The molecule has 86 valence electrons. The van der Waals surface area contributed by atoms with E-state index in [2.05, 4.69) is 4.98 Å². The van der Waals surface area contributed by atoms with Crippen molar-refractivity contribution in [3.63, 3.8) is 0 Å². The van der Waals surface area contributed by atoms with Crippen LogP contribution in [0.15, 0.2) is 18.3 Å². The SMILES string of the molecule is CC(=O)OC(OC(C)=O)c1ccc(C)cn1. The average molecular weight is 223 g/mol. The first kappa shape index (κ1) is 12.2. The van der Waals surface area contributed by atoms with Crippen LogP contribution in [-0.4, -0.2) is 16.9 Å². The normalized spacial score (nSPS) is 10.0. The summed E-state index contributed by atoms with van der Waals surface area (Å²) in [7, 11) is 0. The first-order valence-corrected chi connectivity index (χ1v) is 4.76. The number of esters is 2. The number of aryl methyl sites for hydroxylation is 1. The van der Waals surface area contributed by atoms with Gasteiger partial charge in [0.2, 0.25) is 0 Å². The Labute approximate surface area is 93.4 Å². The number of rotatable bonds is 3. The van der Waals surface area contributed by atoms with Crippen LogP contribution in [0.2, 0.25) is 0 Å². The van der Waals surface area contributed by atoms with Crippen LogP contribution in [0.5, 0.6) is 0 Å². The van der Waals surface area contributed by atoms with E-state index >= 15 is 0 Å². The van der Waals surface area contributed by atoms with E-state index in [1.807, 2.05) is 6.92 Å². The van der Waals surface area contributed by atoms with Gasteiger partial charge in [-0.2, -0.15) is 0 Å². The Morgan fingerprint density at radius 2 is 1.75 bits per heavy atom. The molecule has 0 aliphatic carbocycles. The Kier molecular flexibility index (Phi) is 3.99. The van der Waals surface area contributed by atoms with Gasteiger partial charge in [0, 0.05) is 20.0 Å². The number of aromatic nitrogens is 1. The van der Waals surface area contributed by atoms with Gasteiger partial charge in [-0.05, 0) is 18.6 Å². The molecule has 0 radical (unpaired) electrons. The second kappa shape index (κ2) is 5.25. The molecule has 0 aliphatic rings. The molecule has 1 heterocycles. The lowest BCUT2D eigenvalue weighted by Gasteiger charge is -2.15. The third-order valence-electron chi connectivity index (χ3n) is 1.72. The van der Waals surface area contributed by atoms with Gasteiger partial charge in [0.1, 0.15) is 5.69 Å². The first-order chi connectivity index (χ1) is 7.49. The molecule has 0 aliphatic heterocycles. The van der Waals surface area contributed by atoms with E-state index in [9.17, 15) is 9.59 Å². The van der Waals surface area contributed by atoms with Crippen LogP contribution >= 0.6 is 0 Å². The smallest absolute Gasteiger partial charge is 0.306 e. The standard InChI is InChI=1S/C11H13NO4/c1-7-4-5-10(12-6-7)11(15-8(2)13)16-9(3)14/h4-6,11H,1-3H3. The van der Waals surface area contributed by atoms with Gasteiger partial charge >= 0.3 is 11.9 Å². The fourth-order valence-electron chi connectivity index (χ4n) is 1.06. The molecule has 0 unspecified atom stereocenters. The summed E-state index contributed by atoms with van der Waals surface area (Å²) in [5, 5.41) is 0. The highest BCUT2D eigenvalue weighted by atomic mass is 16.7. The molecule has 0 bridgehead atoms. The molecule has 1 rings (SSSR count). The van der Waals surface area contributed by atoms with E-state index in [0.29, 0.717) is 5.69 Å². The molecule has 5 nitrogen and oxygen atoms in total. The number of pyridine rings is 1. The van der Waals surface area contributed by atoms with Crippen LogP contribution in [-0.2, 0) is 19.1 Å². The van der Waals surface area contributed by atoms with Crippen LogP contribution in [0.25, 0.3) is 0 Å². The van der Waals surface area contributed by atoms with E-state index in [0.717, 1.165) is 5.56 Å². The number of carbonyl (C=O) groups excluding carboxylic acids is 2. The molecule has 1 aromatic rings. The zero-order valence-corrected chi connectivity index (χ0v) is 9.39. The molecule has 0 N–H and O–H groups in total. The first-order valence-electron chi connectivity index (χ1n) is 4.76. The summed E-state index contributed by atoms with van der Waals surface area (Å²) >= 11 is 0. The lowest BCUT2D eigenvalue weighted by atomic mass is 10.3. The maximum absolute atomic E-state index is 10.8. The third-order valence-corrected chi connectivity index (χ3v) is 1.72. The van der Waals surface area contributed by atoms with Gasteiger partial charge in [-0.25, -0.2) is 0 Å². The Morgan fingerprint density at radius 1 is 1.19 bits per heavy atom. The highest BCUT2D eigenvalue weighted by Gasteiger charge is 2.18. The molecule has 0 atom stereocenters. The average Bonchev–Trinajstić information content (AvgIpc) is 2.16. The van der Waals surface area contributed by atoms with Crippen LogP contribution in [0.1, 0.15) is 31.4 Å². The van der Waals surface area contributed by atoms with Gasteiger partial charge in [0.25, 0.3) is 6.29 Å². The maximum atomic E-state index is 10.8. The van der Waals surface area contributed by atoms with Gasteiger partial charge in [-0.3, -0.25) is 14.6 Å². The molecule has 0 spiro atoms. The van der Waals surface area contributed by atoms with Crippen LogP contribution in [0.4, 0.5) is 0 Å². The van der Waals surface area contributed by atoms with Crippen molar-refractivity contribution in [2.75, 3.05) is 0 Å². The van der Waals surface area contributed by atoms with E-state index in [-0.39, 0.29) is 0 Å². The number of hydrogen-bond acceptors (Lipinski definition) is 5.